The number of hydrogen-bond donors (Lipinski definition) is 0. The van der Waals surface area contributed by atoms with Gasteiger partial charge < -0.3 is 9.64 Å². The Morgan fingerprint density at radius 3 is 2.31 bits per heavy atom. The number of carbonyl (C=O) groups is 1. The van der Waals surface area contributed by atoms with E-state index in [1.54, 1.807) is 19.2 Å². The SMILES string of the molecule is COc1ccc(C2CC(=O)C(c3ccc(F)cc3)=CN2Cc2ccccc2)cc1. The van der Waals surface area contributed by atoms with Gasteiger partial charge in [0.1, 0.15) is 11.6 Å². The van der Waals surface area contributed by atoms with Crippen molar-refractivity contribution in [2.45, 2.75) is 19.0 Å². The van der Waals surface area contributed by atoms with Crippen LogP contribution in [-0.2, 0) is 11.3 Å². The average molecular weight is 387 g/mol. The highest BCUT2D eigenvalue weighted by Crippen LogP contribution is 2.36. The molecule has 0 aromatic heterocycles. The smallest absolute Gasteiger partial charge is 0.167 e. The first-order valence-electron chi connectivity index (χ1n) is 9.58. The van der Waals surface area contributed by atoms with Gasteiger partial charge in [0, 0.05) is 24.7 Å². The Bertz CT molecular complexity index is 1010. The summed E-state index contributed by atoms with van der Waals surface area (Å²) >= 11 is 0. The zero-order chi connectivity index (χ0) is 20.2. The summed E-state index contributed by atoms with van der Waals surface area (Å²) in [6.45, 7) is 0.676. The summed E-state index contributed by atoms with van der Waals surface area (Å²) in [5.41, 5.74) is 3.58. The number of benzene rings is 3. The standard InChI is InChI=1S/C25H22FNO2/c1-29-22-13-9-20(10-14-22)24-15-25(28)23(19-7-11-21(26)12-8-19)17-27(24)16-18-5-3-2-4-6-18/h2-14,17,24H,15-16H2,1H3. The van der Waals surface area contributed by atoms with E-state index in [-0.39, 0.29) is 17.6 Å². The molecule has 1 heterocycles. The minimum absolute atomic E-state index is 0.0572. The van der Waals surface area contributed by atoms with Crippen molar-refractivity contribution in [2.75, 3.05) is 7.11 Å². The number of hydrogen-bond acceptors (Lipinski definition) is 3. The lowest BCUT2D eigenvalue weighted by molar-refractivity contribution is -0.115. The quantitative estimate of drug-likeness (QED) is 0.588. The second-order valence-electron chi connectivity index (χ2n) is 7.12. The molecule has 0 saturated carbocycles. The number of ether oxygens (including phenoxy) is 1. The number of Topliss-reactive ketones (excluding diaryl/α,β-unsaturated/α-hetero) is 1. The van der Waals surface area contributed by atoms with Crippen molar-refractivity contribution in [3.8, 4) is 5.75 Å². The normalized spacial score (nSPS) is 16.5. The van der Waals surface area contributed by atoms with Crippen molar-refractivity contribution in [1.29, 1.82) is 0 Å². The number of halogens is 1. The first-order valence-corrected chi connectivity index (χ1v) is 9.58. The largest absolute Gasteiger partial charge is 0.497 e. The van der Waals surface area contributed by atoms with Gasteiger partial charge in [-0.1, -0.05) is 54.6 Å². The van der Waals surface area contributed by atoms with Crippen LogP contribution in [0.3, 0.4) is 0 Å². The summed E-state index contributed by atoms with van der Waals surface area (Å²) in [6, 6.07) is 24.0. The predicted octanol–water partition coefficient (Wildman–Crippen LogP) is 5.39. The third kappa shape index (κ3) is 4.21. The molecule has 4 rings (SSSR count). The highest BCUT2D eigenvalue weighted by molar-refractivity contribution is 6.21. The molecule has 1 aliphatic heterocycles. The molecule has 0 saturated heterocycles. The topological polar surface area (TPSA) is 29.5 Å². The van der Waals surface area contributed by atoms with Crippen LogP contribution in [0.1, 0.15) is 29.2 Å². The summed E-state index contributed by atoms with van der Waals surface area (Å²) < 4.78 is 18.6. The van der Waals surface area contributed by atoms with Crippen LogP contribution in [0.4, 0.5) is 4.39 Å². The van der Waals surface area contributed by atoms with E-state index in [0.29, 0.717) is 18.5 Å². The van der Waals surface area contributed by atoms with Crippen molar-refractivity contribution >= 4 is 11.4 Å². The van der Waals surface area contributed by atoms with Gasteiger partial charge in [0.05, 0.1) is 13.2 Å². The molecule has 0 N–H and O–H groups in total. The van der Waals surface area contributed by atoms with Gasteiger partial charge in [-0.15, -0.1) is 0 Å². The Labute approximate surface area is 170 Å². The van der Waals surface area contributed by atoms with E-state index in [1.165, 1.54) is 12.1 Å². The van der Waals surface area contributed by atoms with Crippen molar-refractivity contribution < 1.29 is 13.9 Å². The number of nitrogens with zero attached hydrogens (tertiary/aromatic N) is 1. The monoisotopic (exact) mass is 387 g/mol. The fraction of sp³-hybridized carbons (Fsp3) is 0.160. The molecule has 146 valence electrons. The Kier molecular flexibility index (Phi) is 5.43. The van der Waals surface area contributed by atoms with E-state index in [0.717, 1.165) is 22.4 Å². The van der Waals surface area contributed by atoms with Gasteiger partial charge in [-0.2, -0.15) is 0 Å². The third-order valence-electron chi connectivity index (χ3n) is 5.24. The summed E-state index contributed by atoms with van der Waals surface area (Å²) in [5.74, 6) is 0.532. The summed E-state index contributed by atoms with van der Waals surface area (Å²) in [7, 11) is 1.64. The van der Waals surface area contributed by atoms with Crippen LogP contribution in [0.2, 0.25) is 0 Å². The zero-order valence-corrected chi connectivity index (χ0v) is 16.2. The van der Waals surface area contributed by atoms with E-state index >= 15 is 0 Å². The molecule has 0 spiro atoms. The number of allylic oxidation sites excluding steroid dienone is 1. The van der Waals surface area contributed by atoms with E-state index in [9.17, 15) is 9.18 Å². The fourth-order valence-corrected chi connectivity index (χ4v) is 3.68. The molecule has 0 fully saturated rings. The van der Waals surface area contributed by atoms with Crippen molar-refractivity contribution in [2.24, 2.45) is 0 Å². The van der Waals surface area contributed by atoms with Gasteiger partial charge >= 0.3 is 0 Å². The maximum atomic E-state index is 13.3. The van der Waals surface area contributed by atoms with E-state index in [4.69, 9.17) is 4.74 Å². The lowest BCUT2D eigenvalue weighted by Gasteiger charge is -2.35. The van der Waals surface area contributed by atoms with Crippen LogP contribution in [0.15, 0.2) is 85.1 Å². The van der Waals surface area contributed by atoms with Crippen LogP contribution in [-0.4, -0.2) is 17.8 Å². The predicted molar refractivity (Wildman–Crippen MR) is 112 cm³/mol. The molecule has 1 atom stereocenters. The summed E-state index contributed by atoms with van der Waals surface area (Å²) in [5, 5.41) is 0. The minimum Gasteiger partial charge on any atom is -0.497 e. The van der Waals surface area contributed by atoms with Gasteiger partial charge in [-0.3, -0.25) is 4.79 Å². The van der Waals surface area contributed by atoms with Crippen molar-refractivity contribution in [1.82, 2.24) is 4.90 Å². The van der Waals surface area contributed by atoms with Gasteiger partial charge in [0.25, 0.3) is 0 Å². The number of rotatable bonds is 5. The Morgan fingerprint density at radius 2 is 1.66 bits per heavy atom. The van der Waals surface area contributed by atoms with Gasteiger partial charge in [0.15, 0.2) is 5.78 Å². The molecule has 1 unspecified atom stereocenters. The van der Waals surface area contributed by atoms with E-state index < -0.39 is 0 Å². The molecular formula is C25H22FNO2. The summed E-state index contributed by atoms with van der Waals surface area (Å²) in [4.78, 5) is 15.2. The Morgan fingerprint density at radius 1 is 0.966 bits per heavy atom. The fourth-order valence-electron chi connectivity index (χ4n) is 3.68. The Balaban J connectivity index is 1.72. The van der Waals surface area contributed by atoms with Crippen molar-refractivity contribution in [3.63, 3.8) is 0 Å². The molecule has 1 aliphatic rings. The first kappa shape index (κ1) is 18.9. The molecule has 3 aromatic carbocycles. The lowest BCUT2D eigenvalue weighted by Crippen LogP contribution is -2.30. The lowest BCUT2D eigenvalue weighted by atomic mass is 9.90. The van der Waals surface area contributed by atoms with Gasteiger partial charge in [0.2, 0.25) is 0 Å². The maximum Gasteiger partial charge on any atom is 0.167 e. The van der Waals surface area contributed by atoms with Crippen LogP contribution >= 0.6 is 0 Å². The maximum absolute atomic E-state index is 13.3. The second-order valence-corrected chi connectivity index (χ2v) is 7.12. The third-order valence-corrected chi connectivity index (χ3v) is 5.24. The summed E-state index contributed by atoms with van der Waals surface area (Å²) in [6.07, 6.45) is 2.28. The minimum atomic E-state index is -0.310. The number of methoxy groups -OCH3 is 1. The number of carbonyl (C=O) groups excluding carboxylic acids is 1. The molecule has 0 bridgehead atoms. The molecule has 0 amide bonds. The second kappa shape index (κ2) is 8.31. The average Bonchev–Trinajstić information content (AvgIpc) is 2.76. The van der Waals surface area contributed by atoms with E-state index in [1.807, 2.05) is 48.7 Å². The number of ketones is 1. The van der Waals surface area contributed by atoms with E-state index in [2.05, 4.69) is 17.0 Å². The van der Waals surface area contributed by atoms with Gasteiger partial charge in [-0.25, -0.2) is 4.39 Å². The van der Waals surface area contributed by atoms with Crippen LogP contribution in [0.5, 0.6) is 5.75 Å². The van der Waals surface area contributed by atoms with Crippen molar-refractivity contribution in [3.05, 3.63) is 108 Å². The molecule has 29 heavy (non-hydrogen) atoms. The highest BCUT2D eigenvalue weighted by atomic mass is 19.1. The molecule has 3 aromatic rings. The zero-order valence-electron chi connectivity index (χ0n) is 16.2. The van der Waals surface area contributed by atoms with Crippen LogP contribution in [0, 0.1) is 5.82 Å². The molecule has 4 heteroatoms. The molecule has 0 radical (unpaired) electrons. The van der Waals surface area contributed by atoms with Gasteiger partial charge in [-0.05, 0) is 41.0 Å². The molecule has 3 nitrogen and oxygen atoms in total. The van der Waals surface area contributed by atoms with Crippen LogP contribution < -0.4 is 4.74 Å². The Hall–Kier alpha value is -3.40. The highest BCUT2D eigenvalue weighted by Gasteiger charge is 2.29. The first-order chi connectivity index (χ1) is 14.1. The molecule has 0 aliphatic carbocycles. The van der Waals surface area contributed by atoms with Crippen LogP contribution in [0.25, 0.3) is 5.57 Å². The molecular weight excluding hydrogens is 365 g/mol.